The van der Waals surface area contributed by atoms with Crippen molar-refractivity contribution in [2.45, 2.75) is 38.6 Å². The number of benzene rings is 2. The van der Waals surface area contributed by atoms with Gasteiger partial charge in [0, 0.05) is 36.7 Å². The molecule has 0 bridgehead atoms. The molecule has 1 aromatic heterocycles. The minimum absolute atomic E-state index is 0.0321. The van der Waals surface area contributed by atoms with E-state index in [-0.39, 0.29) is 17.7 Å². The maximum atomic E-state index is 13.2. The molecule has 3 aromatic rings. The number of hydrogen-bond donors (Lipinski definition) is 0. The van der Waals surface area contributed by atoms with Crippen LogP contribution in [0.15, 0.2) is 53.5 Å². The molecular weight excluding hydrogens is 444 g/mol. The van der Waals surface area contributed by atoms with Gasteiger partial charge in [0.15, 0.2) is 0 Å². The highest BCUT2D eigenvalue weighted by Gasteiger charge is 2.43. The first-order valence-corrected chi connectivity index (χ1v) is 12.9. The number of rotatable bonds is 5. The molecule has 1 atom stereocenters. The predicted octanol–water partition coefficient (Wildman–Crippen LogP) is 4.59. The first kappa shape index (κ1) is 21.5. The van der Waals surface area contributed by atoms with Crippen LogP contribution in [0, 0.1) is 11.8 Å². The van der Waals surface area contributed by atoms with Crippen LogP contribution in [-0.4, -0.2) is 57.6 Å². The summed E-state index contributed by atoms with van der Waals surface area (Å²) >= 11 is 1.68. The molecule has 0 N–H and O–H groups in total. The van der Waals surface area contributed by atoms with E-state index >= 15 is 0 Å². The number of carbonyl (C=O) groups is 2. The van der Waals surface area contributed by atoms with Gasteiger partial charge in [-0.05, 0) is 51.2 Å². The fourth-order valence-corrected chi connectivity index (χ4v) is 5.95. The average molecular weight is 473 g/mol. The Hall–Kier alpha value is -3.06. The summed E-state index contributed by atoms with van der Waals surface area (Å²) < 4.78 is 1.17. The number of carbonyl (C=O) groups excluding carboxylic acids is 2. The summed E-state index contributed by atoms with van der Waals surface area (Å²) in [4.78, 5) is 39.1. The zero-order valence-electron chi connectivity index (χ0n) is 19.5. The monoisotopic (exact) mass is 472 g/mol. The van der Waals surface area contributed by atoms with Crippen LogP contribution in [0.1, 0.15) is 38.7 Å². The van der Waals surface area contributed by atoms with E-state index < -0.39 is 5.54 Å². The number of nitrogens with zero attached hydrogens (tertiary/aromatic N) is 4. The smallest absolute Gasteiger partial charge is 0.255 e. The molecule has 6 nitrogen and oxygen atoms in total. The Morgan fingerprint density at radius 3 is 2.53 bits per heavy atom. The number of aliphatic imine (C=N–C) groups is 1. The molecule has 34 heavy (non-hydrogen) atoms. The molecule has 1 saturated carbocycles. The van der Waals surface area contributed by atoms with Gasteiger partial charge in [-0.15, -0.1) is 11.3 Å². The lowest BCUT2D eigenvalue weighted by atomic mass is 10.0. The van der Waals surface area contributed by atoms with Crippen molar-refractivity contribution in [1.29, 1.82) is 0 Å². The highest BCUT2D eigenvalue weighted by molar-refractivity contribution is 7.21. The zero-order chi connectivity index (χ0) is 23.4. The number of likely N-dealkylation sites (tertiary alicyclic amines) is 1. The number of hydrogen-bond acceptors (Lipinski definition) is 5. The maximum absolute atomic E-state index is 13.2. The summed E-state index contributed by atoms with van der Waals surface area (Å²) in [5.74, 6) is 1.60. The third-order valence-corrected chi connectivity index (χ3v) is 8.14. The van der Waals surface area contributed by atoms with Crippen molar-refractivity contribution < 1.29 is 9.59 Å². The molecule has 1 unspecified atom stereocenters. The number of fused-ring (bicyclic) bond motifs is 1. The lowest BCUT2D eigenvalue weighted by Gasteiger charge is -2.24. The van der Waals surface area contributed by atoms with Gasteiger partial charge < -0.3 is 4.90 Å². The minimum Gasteiger partial charge on any atom is -0.342 e. The Morgan fingerprint density at radius 2 is 1.79 bits per heavy atom. The van der Waals surface area contributed by atoms with Crippen LogP contribution in [0.2, 0.25) is 0 Å². The second kappa shape index (κ2) is 8.01. The van der Waals surface area contributed by atoms with E-state index in [1.54, 1.807) is 11.3 Å². The van der Waals surface area contributed by atoms with Gasteiger partial charge >= 0.3 is 0 Å². The summed E-state index contributed by atoms with van der Waals surface area (Å²) in [6, 6.07) is 16.4. The molecule has 0 radical (unpaired) electrons. The lowest BCUT2D eigenvalue weighted by molar-refractivity contribution is -0.131. The van der Waals surface area contributed by atoms with E-state index in [4.69, 9.17) is 9.98 Å². The average Bonchev–Trinajstić information content (AvgIpc) is 3.35. The van der Waals surface area contributed by atoms with Crippen molar-refractivity contribution in [3.8, 4) is 10.6 Å². The van der Waals surface area contributed by atoms with Gasteiger partial charge in [-0.3, -0.25) is 19.5 Å². The highest BCUT2D eigenvalue weighted by Crippen LogP contribution is 2.34. The van der Waals surface area contributed by atoms with Crippen LogP contribution in [-0.2, 0) is 9.59 Å². The molecule has 174 valence electrons. The molecule has 3 heterocycles. The van der Waals surface area contributed by atoms with Gasteiger partial charge in [-0.1, -0.05) is 36.4 Å². The molecule has 1 aliphatic carbocycles. The van der Waals surface area contributed by atoms with Gasteiger partial charge in [-0.25, -0.2) is 4.98 Å². The fourth-order valence-electron chi connectivity index (χ4n) is 4.98. The third-order valence-electron chi connectivity index (χ3n) is 7.06. The third kappa shape index (κ3) is 3.82. The molecule has 6 rings (SSSR count). The molecule has 7 heteroatoms. The number of aromatic nitrogens is 1. The predicted molar refractivity (Wildman–Crippen MR) is 135 cm³/mol. The quantitative estimate of drug-likeness (QED) is 0.546. The topological polar surface area (TPSA) is 65.9 Å². The second-order valence-corrected chi connectivity index (χ2v) is 11.2. The summed E-state index contributed by atoms with van der Waals surface area (Å²) in [5.41, 5.74) is 2.23. The van der Waals surface area contributed by atoms with Gasteiger partial charge in [0.1, 0.15) is 16.4 Å². The Morgan fingerprint density at radius 1 is 1.06 bits per heavy atom. The van der Waals surface area contributed by atoms with E-state index in [1.807, 2.05) is 54.0 Å². The molecule has 3 aliphatic rings. The fraction of sp³-hybridized carbons (Fsp3) is 0.407. The van der Waals surface area contributed by atoms with Crippen LogP contribution >= 0.6 is 11.3 Å². The Labute approximate surface area is 203 Å². The summed E-state index contributed by atoms with van der Waals surface area (Å²) in [6.07, 6.45) is 3.00. The lowest BCUT2D eigenvalue weighted by Crippen LogP contribution is -2.42. The summed E-state index contributed by atoms with van der Waals surface area (Å²) in [7, 11) is 0. The summed E-state index contributed by atoms with van der Waals surface area (Å²) in [5, 5.41) is 0.987. The normalized spacial score (nSPS) is 22.0. The van der Waals surface area contributed by atoms with Crippen LogP contribution in [0.5, 0.6) is 0 Å². The minimum atomic E-state index is -0.775. The van der Waals surface area contributed by atoms with E-state index in [0.717, 1.165) is 59.8 Å². The number of para-hydroxylation sites is 1. The van der Waals surface area contributed by atoms with E-state index in [2.05, 4.69) is 18.2 Å². The van der Waals surface area contributed by atoms with Crippen molar-refractivity contribution in [2.24, 2.45) is 16.8 Å². The number of thiazole rings is 1. The first-order valence-electron chi connectivity index (χ1n) is 12.1. The summed E-state index contributed by atoms with van der Waals surface area (Å²) in [6.45, 7) is 5.90. The van der Waals surface area contributed by atoms with Crippen LogP contribution in [0.4, 0.5) is 0 Å². The second-order valence-electron chi connectivity index (χ2n) is 10.2. The Kier molecular flexibility index (Phi) is 5.06. The van der Waals surface area contributed by atoms with Crippen molar-refractivity contribution in [2.75, 3.05) is 19.6 Å². The SMILES string of the molecule is CC1(C)N=C(c2ccc(-c3nc4ccccc4s3)cc2)N(CC2CCN(C(=O)C3CC3)C2)C1=O. The largest absolute Gasteiger partial charge is 0.342 e. The van der Waals surface area contributed by atoms with Crippen molar-refractivity contribution >= 4 is 39.2 Å². The molecule has 2 fully saturated rings. The van der Waals surface area contributed by atoms with Crippen molar-refractivity contribution in [3.05, 3.63) is 54.1 Å². The Balaban J connectivity index is 1.22. The number of amides is 2. The van der Waals surface area contributed by atoms with Gasteiger partial charge in [0.2, 0.25) is 5.91 Å². The Bertz CT molecular complexity index is 1270. The molecule has 2 aromatic carbocycles. The zero-order valence-corrected chi connectivity index (χ0v) is 20.3. The molecule has 2 aliphatic heterocycles. The van der Waals surface area contributed by atoms with Crippen LogP contribution in [0.3, 0.4) is 0 Å². The molecular formula is C27H28N4O2S. The molecule has 2 amide bonds. The first-order chi connectivity index (χ1) is 16.4. The van der Waals surface area contributed by atoms with Gasteiger partial charge in [0.05, 0.1) is 10.2 Å². The van der Waals surface area contributed by atoms with Crippen LogP contribution < -0.4 is 0 Å². The molecule has 0 spiro atoms. The van der Waals surface area contributed by atoms with Crippen molar-refractivity contribution in [3.63, 3.8) is 0 Å². The van der Waals surface area contributed by atoms with E-state index in [0.29, 0.717) is 12.5 Å². The van der Waals surface area contributed by atoms with Gasteiger partial charge in [0.25, 0.3) is 5.91 Å². The maximum Gasteiger partial charge on any atom is 0.255 e. The number of amidine groups is 1. The van der Waals surface area contributed by atoms with E-state index in [9.17, 15) is 9.59 Å². The van der Waals surface area contributed by atoms with Crippen LogP contribution in [0.25, 0.3) is 20.8 Å². The van der Waals surface area contributed by atoms with Crippen molar-refractivity contribution in [1.82, 2.24) is 14.8 Å². The van der Waals surface area contributed by atoms with Gasteiger partial charge in [-0.2, -0.15) is 0 Å². The standard InChI is InChI=1S/C27H28N4O2S/c1-27(2)26(33)31(16-17-13-14-30(15-17)25(32)20-11-12-20)23(29-27)18-7-9-19(10-8-18)24-28-21-5-3-4-6-22(21)34-24/h3-10,17,20H,11-16H2,1-2H3. The van der Waals surface area contributed by atoms with E-state index in [1.165, 1.54) is 4.70 Å². The molecule has 1 saturated heterocycles. The highest BCUT2D eigenvalue weighted by atomic mass is 32.1.